The number of nitrogens with one attached hydrogen (secondary N) is 1. The van der Waals surface area contributed by atoms with Crippen molar-refractivity contribution in [3.63, 3.8) is 0 Å². The molecule has 254 valence electrons. The number of nitrogens with two attached hydrogens (primary N) is 1. The molecule has 0 saturated carbocycles. The van der Waals surface area contributed by atoms with Crippen LogP contribution in [0.15, 0.2) is 83.5 Å². The quantitative estimate of drug-likeness (QED) is 0.147. The van der Waals surface area contributed by atoms with Gasteiger partial charge in [-0.05, 0) is 81.9 Å². The molecule has 1 aromatic heterocycles. The second kappa shape index (κ2) is 17.1. The second-order valence-corrected chi connectivity index (χ2v) is 11.7. The maximum Gasteiger partial charge on any atom is 0.435 e. The van der Waals surface area contributed by atoms with Crippen LogP contribution in [0.2, 0.25) is 0 Å². The Kier molecular flexibility index (Phi) is 12.7. The van der Waals surface area contributed by atoms with Gasteiger partial charge in [-0.25, -0.2) is 9.78 Å². The number of likely N-dealkylation sites (N-methyl/N-ethyl adjacent to an activating group) is 1. The Balaban J connectivity index is 1.47. The van der Waals surface area contributed by atoms with Crippen LogP contribution in [0.25, 0.3) is 11.0 Å². The number of rotatable bonds is 13. The van der Waals surface area contributed by atoms with Crippen molar-refractivity contribution in [2.75, 3.05) is 45.7 Å². The Hall–Kier alpha value is -5.23. The Morgan fingerprint density at radius 3 is 2.52 bits per heavy atom. The van der Waals surface area contributed by atoms with Crippen LogP contribution in [0, 0.1) is 5.92 Å². The molecule has 48 heavy (non-hydrogen) atoms. The van der Waals surface area contributed by atoms with Crippen molar-refractivity contribution >= 4 is 40.5 Å². The summed E-state index contributed by atoms with van der Waals surface area (Å²) >= 11 is 0. The van der Waals surface area contributed by atoms with E-state index in [9.17, 15) is 14.4 Å². The number of amidine groups is 1. The fourth-order valence-electron chi connectivity index (χ4n) is 5.15. The first kappa shape index (κ1) is 35.6. The monoisotopic (exact) mass is 655 g/mol. The zero-order chi connectivity index (χ0) is 34.6. The van der Waals surface area contributed by atoms with E-state index in [1.165, 1.54) is 0 Å². The molecule has 3 N–H and O–H groups in total. The fourth-order valence-corrected chi connectivity index (χ4v) is 5.15. The summed E-state index contributed by atoms with van der Waals surface area (Å²) in [6.07, 6.45) is 9.98. The molecular formula is C36H45N7O5. The first-order chi connectivity index (χ1) is 23.1. The molecule has 1 aliphatic rings. The highest BCUT2D eigenvalue weighted by Crippen LogP contribution is 2.26. The average Bonchev–Trinajstić information content (AvgIpc) is 3.37. The minimum absolute atomic E-state index is 0.0703. The van der Waals surface area contributed by atoms with Crippen LogP contribution in [0.4, 0.5) is 10.5 Å². The third-order valence-corrected chi connectivity index (χ3v) is 7.85. The van der Waals surface area contributed by atoms with Crippen molar-refractivity contribution < 1.29 is 23.9 Å². The van der Waals surface area contributed by atoms with Crippen molar-refractivity contribution in [1.82, 2.24) is 19.4 Å². The number of esters is 1. The molecule has 12 heteroatoms. The van der Waals surface area contributed by atoms with Gasteiger partial charge in [-0.1, -0.05) is 31.2 Å². The van der Waals surface area contributed by atoms with Gasteiger partial charge >= 0.3 is 12.1 Å². The summed E-state index contributed by atoms with van der Waals surface area (Å²) in [4.78, 5) is 50.4. The normalized spacial score (nSPS) is 17.2. The molecule has 1 unspecified atom stereocenters. The van der Waals surface area contributed by atoms with Crippen LogP contribution < -0.4 is 11.1 Å². The first-order valence-electron chi connectivity index (χ1n) is 16.0. The number of anilines is 1. The third kappa shape index (κ3) is 9.64. The van der Waals surface area contributed by atoms with E-state index in [4.69, 9.17) is 20.2 Å². The Morgan fingerprint density at radius 1 is 1.04 bits per heavy atom. The highest BCUT2D eigenvalue weighted by molar-refractivity contribution is 6.03. The van der Waals surface area contributed by atoms with Gasteiger partial charge in [0.05, 0.1) is 30.6 Å². The van der Waals surface area contributed by atoms with Crippen LogP contribution in [-0.4, -0.2) is 83.6 Å². The minimum atomic E-state index is -0.728. The molecule has 2 amide bonds. The van der Waals surface area contributed by atoms with Gasteiger partial charge in [-0.15, -0.1) is 0 Å². The molecule has 3 aromatic rings. The first-order valence-corrected chi connectivity index (χ1v) is 16.0. The summed E-state index contributed by atoms with van der Waals surface area (Å²) in [6, 6.07) is 12.7. The standard InChI is InChI=1S/C36H45N7O5/c1-6-47-33(44)19-20-43(30-12-10-8-7-9-11-25(30)2)35(45)27-15-18-31-29(23-27)39-32(42(31)5)24-38-28-16-13-26(14-17-28)34(37)40-36(46)48-22-21-41(3)4/h7-10,12-18,23,25,38H,6,11,19-22,24H2,1-5H3,(H2,37,40,46)/b9-7+,10-8-,30-12+. The van der Waals surface area contributed by atoms with Gasteiger partial charge in [-0.2, -0.15) is 4.99 Å². The molecule has 1 atom stereocenters. The number of aromatic nitrogens is 2. The molecule has 1 heterocycles. The van der Waals surface area contributed by atoms with Gasteiger partial charge in [0, 0.05) is 42.6 Å². The highest BCUT2D eigenvalue weighted by Gasteiger charge is 2.25. The van der Waals surface area contributed by atoms with Crippen molar-refractivity contribution in [1.29, 1.82) is 0 Å². The number of ether oxygens (including phenoxy) is 2. The number of benzene rings is 2. The van der Waals surface area contributed by atoms with Crippen molar-refractivity contribution in [3.8, 4) is 0 Å². The number of imidazole rings is 1. The van der Waals surface area contributed by atoms with Crippen LogP contribution in [0.3, 0.4) is 0 Å². The molecule has 2 aromatic carbocycles. The third-order valence-electron chi connectivity index (χ3n) is 7.85. The van der Waals surface area contributed by atoms with Crippen molar-refractivity contribution in [3.05, 3.63) is 95.5 Å². The lowest BCUT2D eigenvalue weighted by atomic mass is 9.99. The van der Waals surface area contributed by atoms with Crippen LogP contribution in [0.1, 0.15) is 48.4 Å². The number of allylic oxidation sites excluding steroid dienone is 6. The predicted molar refractivity (Wildman–Crippen MR) is 188 cm³/mol. The summed E-state index contributed by atoms with van der Waals surface area (Å²) in [5.74, 6) is 0.371. The average molecular weight is 656 g/mol. The van der Waals surface area contributed by atoms with Gasteiger partial charge in [0.1, 0.15) is 18.3 Å². The van der Waals surface area contributed by atoms with Crippen LogP contribution in [-0.2, 0) is 27.9 Å². The van der Waals surface area contributed by atoms with E-state index in [-0.39, 0.29) is 49.8 Å². The number of carbonyl (C=O) groups excluding carboxylic acids is 3. The van der Waals surface area contributed by atoms with Gasteiger partial charge in [0.25, 0.3) is 5.91 Å². The molecule has 0 radical (unpaired) electrons. The molecule has 0 spiro atoms. The Labute approximate surface area is 281 Å². The van der Waals surface area contributed by atoms with Gasteiger partial charge in [0.15, 0.2) is 0 Å². The number of fused-ring (bicyclic) bond motifs is 1. The Morgan fingerprint density at radius 2 is 1.79 bits per heavy atom. The molecular weight excluding hydrogens is 610 g/mol. The van der Waals surface area contributed by atoms with Crippen LogP contribution in [0.5, 0.6) is 0 Å². The zero-order valence-electron chi connectivity index (χ0n) is 28.3. The predicted octanol–water partition coefficient (Wildman–Crippen LogP) is 5.02. The number of aliphatic imine (C=N–C) groups is 1. The molecule has 0 fully saturated rings. The summed E-state index contributed by atoms with van der Waals surface area (Å²) in [5, 5.41) is 3.36. The van der Waals surface area contributed by atoms with Gasteiger partial charge < -0.3 is 34.9 Å². The lowest BCUT2D eigenvalue weighted by Crippen LogP contribution is -2.35. The number of amides is 2. The van der Waals surface area contributed by atoms with E-state index < -0.39 is 6.09 Å². The molecule has 4 rings (SSSR count). The minimum Gasteiger partial charge on any atom is -0.466 e. The van der Waals surface area contributed by atoms with Gasteiger partial charge in [-0.3, -0.25) is 9.59 Å². The Bertz CT molecular complexity index is 1720. The van der Waals surface area contributed by atoms with E-state index in [0.29, 0.717) is 29.7 Å². The molecule has 0 aliphatic heterocycles. The van der Waals surface area contributed by atoms with Crippen molar-refractivity contribution in [2.24, 2.45) is 23.7 Å². The van der Waals surface area contributed by atoms with Crippen molar-refractivity contribution in [2.45, 2.75) is 33.2 Å². The SMILES string of the molecule is CCOC(=O)CCN(C(=O)c1ccc2c(c1)nc(CNc1ccc(/C(N)=N/C(=O)OCCN(C)C)cc1)n2C)/C1=C/C=C\C=C\CC1C. The van der Waals surface area contributed by atoms with E-state index in [1.54, 1.807) is 36.1 Å². The number of hydrogen-bond acceptors (Lipinski definition) is 8. The largest absolute Gasteiger partial charge is 0.466 e. The maximum atomic E-state index is 14.0. The summed E-state index contributed by atoms with van der Waals surface area (Å²) in [7, 11) is 5.70. The number of hydrogen-bond donors (Lipinski definition) is 2. The molecule has 12 nitrogen and oxygen atoms in total. The van der Waals surface area contributed by atoms with E-state index >= 15 is 0 Å². The summed E-state index contributed by atoms with van der Waals surface area (Å²) < 4.78 is 12.2. The molecule has 0 bridgehead atoms. The number of nitrogens with zero attached hydrogens (tertiary/aromatic N) is 5. The molecule has 1 aliphatic carbocycles. The molecule has 0 saturated heterocycles. The smallest absolute Gasteiger partial charge is 0.435 e. The van der Waals surface area contributed by atoms with Gasteiger partial charge in [0.2, 0.25) is 0 Å². The topological polar surface area (TPSA) is 144 Å². The maximum absolute atomic E-state index is 14.0. The number of aryl methyl sites for hydroxylation is 1. The summed E-state index contributed by atoms with van der Waals surface area (Å²) in [5.41, 5.74) is 10.3. The van der Waals surface area contributed by atoms with E-state index in [0.717, 1.165) is 29.1 Å². The lowest BCUT2D eigenvalue weighted by molar-refractivity contribution is -0.143. The second-order valence-electron chi connectivity index (χ2n) is 11.7. The van der Waals surface area contributed by atoms with Crippen LogP contribution >= 0.6 is 0 Å². The zero-order valence-corrected chi connectivity index (χ0v) is 28.3. The number of carbonyl (C=O) groups is 3. The highest BCUT2D eigenvalue weighted by atomic mass is 16.5. The van der Waals surface area contributed by atoms with E-state index in [1.807, 2.05) is 73.1 Å². The van der Waals surface area contributed by atoms with E-state index in [2.05, 4.69) is 23.3 Å². The fraction of sp³-hybridized carbons (Fsp3) is 0.361. The summed E-state index contributed by atoms with van der Waals surface area (Å²) in [6.45, 7) is 5.58. The lowest BCUT2D eigenvalue weighted by Gasteiger charge is -2.29.